The number of hydrogen-bond donors (Lipinski definition) is 1. The molecule has 1 aliphatic rings. The van der Waals surface area contributed by atoms with E-state index in [1.807, 2.05) is 0 Å². The summed E-state index contributed by atoms with van der Waals surface area (Å²) < 4.78 is 6.53. The molecule has 1 saturated carbocycles. The Kier molecular flexibility index (Phi) is 2.71. The van der Waals surface area contributed by atoms with Crippen molar-refractivity contribution in [2.45, 2.75) is 31.3 Å². The Balaban J connectivity index is 2.36. The molecule has 1 heterocycles. The lowest BCUT2D eigenvalue weighted by Gasteiger charge is -2.20. The molecule has 0 unspecified atom stereocenters. The number of nitrogens with zero attached hydrogens (tertiary/aromatic N) is 2. The van der Waals surface area contributed by atoms with E-state index in [-0.39, 0.29) is 5.78 Å². The second-order valence-electron chi connectivity index (χ2n) is 4.25. The highest BCUT2D eigenvalue weighted by Gasteiger charge is 2.41. The van der Waals surface area contributed by atoms with Crippen LogP contribution in [-0.2, 0) is 7.05 Å². The first kappa shape index (κ1) is 11.1. The number of aliphatic hydroxyl groups is 1. The summed E-state index contributed by atoms with van der Waals surface area (Å²) in [6.45, 7) is 0. The van der Waals surface area contributed by atoms with E-state index in [1.54, 1.807) is 7.05 Å². The van der Waals surface area contributed by atoms with Crippen LogP contribution >= 0.6 is 0 Å². The monoisotopic (exact) mass is 224 g/mol. The first-order valence-corrected chi connectivity index (χ1v) is 5.41. The maximum absolute atomic E-state index is 12.2. The summed E-state index contributed by atoms with van der Waals surface area (Å²) >= 11 is 0. The normalized spacial score (nSPS) is 18.7. The number of hydrogen-bond acceptors (Lipinski definition) is 4. The standard InChI is InChI=1S/C11H16N2O3/c1-13-9(8(16-2)7-12-13)10(14)11(15)5-3-4-6-11/h7,15H,3-6H2,1-2H3. The van der Waals surface area contributed by atoms with Crippen LogP contribution in [0.5, 0.6) is 5.75 Å². The molecule has 2 rings (SSSR count). The van der Waals surface area contributed by atoms with E-state index >= 15 is 0 Å². The third-order valence-electron chi connectivity index (χ3n) is 3.19. The third-order valence-corrected chi connectivity index (χ3v) is 3.19. The van der Waals surface area contributed by atoms with E-state index in [9.17, 15) is 9.90 Å². The zero-order valence-electron chi connectivity index (χ0n) is 9.56. The summed E-state index contributed by atoms with van der Waals surface area (Å²) in [7, 11) is 3.17. The molecule has 0 amide bonds. The van der Waals surface area contributed by atoms with Crippen molar-refractivity contribution in [1.82, 2.24) is 9.78 Å². The minimum Gasteiger partial charge on any atom is -0.493 e. The molecule has 0 aliphatic heterocycles. The highest BCUT2D eigenvalue weighted by Crippen LogP contribution is 2.34. The number of carbonyl (C=O) groups is 1. The molecule has 5 nitrogen and oxygen atoms in total. The zero-order valence-corrected chi connectivity index (χ0v) is 9.56. The lowest BCUT2D eigenvalue weighted by molar-refractivity contribution is 0.0340. The highest BCUT2D eigenvalue weighted by molar-refractivity contribution is 6.03. The van der Waals surface area contributed by atoms with Gasteiger partial charge in [0.25, 0.3) is 0 Å². The fourth-order valence-electron chi connectivity index (χ4n) is 2.23. The van der Waals surface area contributed by atoms with E-state index in [2.05, 4.69) is 5.10 Å². The second-order valence-corrected chi connectivity index (χ2v) is 4.25. The van der Waals surface area contributed by atoms with Gasteiger partial charge in [0.1, 0.15) is 11.3 Å². The van der Waals surface area contributed by atoms with Crippen molar-refractivity contribution in [1.29, 1.82) is 0 Å². The van der Waals surface area contributed by atoms with Gasteiger partial charge in [-0.2, -0.15) is 5.10 Å². The minimum absolute atomic E-state index is 0.276. The number of rotatable bonds is 3. The van der Waals surface area contributed by atoms with Crippen molar-refractivity contribution in [2.24, 2.45) is 7.05 Å². The summed E-state index contributed by atoms with van der Waals surface area (Å²) in [5, 5.41) is 14.2. The van der Waals surface area contributed by atoms with Crippen molar-refractivity contribution >= 4 is 5.78 Å². The molecule has 0 saturated heterocycles. The number of methoxy groups -OCH3 is 1. The molecule has 0 aromatic carbocycles. The second kappa shape index (κ2) is 3.90. The summed E-state index contributed by atoms with van der Waals surface area (Å²) in [6.07, 6.45) is 4.33. The molecule has 5 heteroatoms. The largest absolute Gasteiger partial charge is 0.493 e. The average molecular weight is 224 g/mol. The molecule has 1 aromatic rings. The van der Waals surface area contributed by atoms with Crippen LogP contribution in [-0.4, -0.2) is 33.4 Å². The maximum atomic E-state index is 12.2. The topological polar surface area (TPSA) is 64.4 Å². The lowest BCUT2D eigenvalue weighted by atomic mass is 9.94. The van der Waals surface area contributed by atoms with Crippen molar-refractivity contribution in [3.8, 4) is 5.75 Å². The number of Topliss-reactive ketones (excluding diaryl/α,β-unsaturated/α-hetero) is 1. The van der Waals surface area contributed by atoms with Crippen molar-refractivity contribution in [3.63, 3.8) is 0 Å². The van der Waals surface area contributed by atoms with Gasteiger partial charge in [0.05, 0.1) is 13.3 Å². The third kappa shape index (κ3) is 1.61. The molecule has 0 bridgehead atoms. The van der Waals surface area contributed by atoms with Gasteiger partial charge in [0.15, 0.2) is 5.75 Å². The van der Waals surface area contributed by atoms with Gasteiger partial charge in [-0.15, -0.1) is 0 Å². The van der Waals surface area contributed by atoms with E-state index in [1.165, 1.54) is 18.0 Å². The Morgan fingerprint density at radius 2 is 2.19 bits per heavy atom. The number of ketones is 1. The van der Waals surface area contributed by atoms with E-state index in [4.69, 9.17) is 4.74 Å². The fraction of sp³-hybridized carbons (Fsp3) is 0.636. The Bertz CT molecular complexity index is 405. The van der Waals surface area contributed by atoms with Crippen molar-refractivity contribution < 1.29 is 14.6 Å². The van der Waals surface area contributed by atoms with Gasteiger partial charge >= 0.3 is 0 Å². The van der Waals surface area contributed by atoms with Crippen LogP contribution < -0.4 is 4.74 Å². The van der Waals surface area contributed by atoms with E-state index in [0.29, 0.717) is 24.3 Å². The van der Waals surface area contributed by atoms with Gasteiger partial charge < -0.3 is 9.84 Å². The van der Waals surface area contributed by atoms with Gasteiger partial charge in [0.2, 0.25) is 5.78 Å². The Morgan fingerprint density at radius 3 is 2.75 bits per heavy atom. The number of aromatic nitrogens is 2. The SMILES string of the molecule is COc1cnn(C)c1C(=O)C1(O)CCCC1. The van der Waals surface area contributed by atoms with Crippen LogP contribution in [0.15, 0.2) is 6.20 Å². The number of ether oxygens (including phenoxy) is 1. The van der Waals surface area contributed by atoms with Crippen LogP contribution in [0.3, 0.4) is 0 Å². The molecular formula is C11H16N2O3. The molecule has 1 aromatic heterocycles. The van der Waals surface area contributed by atoms with Crippen LogP contribution in [0.4, 0.5) is 0 Å². The highest BCUT2D eigenvalue weighted by atomic mass is 16.5. The summed E-state index contributed by atoms with van der Waals surface area (Å²) in [4.78, 5) is 12.2. The molecule has 1 N–H and O–H groups in total. The Hall–Kier alpha value is -1.36. The predicted molar refractivity (Wildman–Crippen MR) is 57.5 cm³/mol. The molecule has 0 atom stereocenters. The average Bonchev–Trinajstić information content (AvgIpc) is 2.85. The van der Waals surface area contributed by atoms with Crippen LogP contribution in [0.25, 0.3) is 0 Å². The van der Waals surface area contributed by atoms with Gasteiger partial charge in [-0.1, -0.05) is 0 Å². The van der Waals surface area contributed by atoms with Gasteiger partial charge in [-0.05, 0) is 25.7 Å². The lowest BCUT2D eigenvalue weighted by Crippen LogP contribution is -2.36. The van der Waals surface area contributed by atoms with Gasteiger partial charge in [-0.25, -0.2) is 0 Å². The van der Waals surface area contributed by atoms with Crippen LogP contribution in [0.1, 0.15) is 36.2 Å². The minimum atomic E-state index is -1.22. The van der Waals surface area contributed by atoms with Crippen LogP contribution in [0.2, 0.25) is 0 Å². The predicted octanol–water partition coefficient (Wildman–Crippen LogP) is 0.916. The van der Waals surface area contributed by atoms with Crippen LogP contribution in [0, 0.1) is 0 Å². The first-order chi connectivity index (χ1) is 7.58. The fourth-order valence-corrected chi connectivity index (χ4v) is 2.23. The maximum Gasteiger partial charge on any atom is 0.216 e. The van der Waals surface area contributed by atoms with E-state index in [0.717, 1.165) is 12.8 Å². The summed E-state index contributed by atoms with van der Waals surface area (Å²) in [6, 6.07) is 0. The Labute approximate surface area is 94.0 Å². The number of carbonyl (C=O) groups excluding carboxylic acids is 1. The molecule has 16 heavy (non-hydrogen) atoms. The molecule has 0 radical (unpaired) electrons. The smallest absolute Gasteiger partial charge is 0.216 e. The van der Waals surface area contributed by atoms with Gasteiger partial charge in [0, 0.05) is 7.05 Å². The van der Waals surface area contributed by atoms with Crippen molar-refractivity contribution in [3.05, 3.63) is 11.9 Å². The summed E-state index contributed by atoms with van der Waals surface area (Å²) in [5.41, 5.74) is -0.868. The number of aryl methyl sites for hydroxylation is 1. The molecule has 1 fully saturated rings. The van der Waals surface area contributed by atoms with Crippen molar-refractivity contribution in [2.75, 3.05) is 7.11 Å². The summed E-state index contributed by atoms with van der Waals surface area (Å²) in [5.74, 6) is 0.148. The molecule has 0 spiro atoms. The quantitative estimate of drug-likeness (QED) is 0.775. The molecule has 1 aliphatic carbocycles. The van der Waals surface area contributed by atoms with E-state index < -0.39 is 5.60 Å². The first-order valence-electron chi connectivity index (χ1n) is 5.41. The van der Waals surface area contributed by atoms with Gasteiger partial charge in [-0.3, -0.25) is 9.48 Å². The zero-order chi connectivity index (χ0) is 11.8. The Morgan fingerprint density at radius 1 is 1.56 bits per heavy atom. The molecule has 88 valence electrons. The molecular weight excluding hydrogens is 208 g/mol.